The maximum absolute atomic E-state index is 13.0. The lowest BCUT2D eigenvalue weighted by atomic mass is 9.96. The Kier molecular flexibility index (Phi) is 4.58. The highest BCUT2D eigenvalue weighted by molar-refractivity contribution is 6.01. The van der Waals surface area contributed by atoms with Gasteiger partial charge in [-0.3, -0.25) is 4.79 Å². The van der Waals surface area contributed by atoms with Gasteiger partial charge in [-0.05, 0) is 36.2 Å². The van der Waals surface area contributed by atoms with Gasteiger partial charge >= 0.3 is 6.03 Å². The van der Waals surface area contributed by atoms with Crippen LogP contribution in [0.2, 0.25) is 0 Å². The third kappa shape index (κ3) is 3.40. The number of hydrogen-bond donors (Lipinski definition) is 2. The van der Waals surface area contributed by atoms with Crippen LogP contribution in [-0.4, -0.2) is 30.0 Å². The minimum absolute atomic E-state index is 0.106. The molecule has 0 radical (unpaired) electrons. The normalized spacial score (nSPS) is 19.0. The van der Waals surface area contributed by atoms with Gasteiger partial charge < -0.3 is 24.7 Å². The third-order valence-corrected chi connectivity index (χ3v) is 4.63. The predicted octanol–water partition coefficient (Wildman–Crippen LogP) is 2.72. The molecule has 1 atom stereocenters. The van der Waals surface area contributed by atoms with E-state index in [1.165, 1.54) is 0 Å². The molecule has 27 heavy (non-hydrogen) atoms. The summed E-state index contributed by atoms with van der Waals surface area (Å²) in [5.41, 5.74) is 2.06. The first-order valence-electron chi connectivity index (χ1n) is 9.00. The van der Waals surface area contributed by atoms with E-state index >= 15 is 0 Å². The van der Waals surface area contributed by atoms with Crippen molar-refractivity contribution < 1.29 is 18.7 Å². The lowest BCUT2D eigenvalue weighted by molar-refractivity contribution is -0.126. The molecule has 0 saturated heterocycles. The molecule has 0 bridgehead atoms. The van der Waals surface area contributed by atoms with Crippen LogP contribution in [0.4, 0.5) is 4.79 Å². The molecular formula is C20H21N3O4. The zero-order valence-corrected chi connectivity index (χ0v) is 15.0. The summed E-state index contributed by atoms with van der Waals surface area (Å²) in [6, 6.07) is 10.3. The van der Waals surface area contributed by atoms with Gasteiger partial charge in [-0.15, -0.1) is 0 Å². The van der Waals surface area contributed by atoms with Gasteiger partial charge in [0.25, 0.3) is 5.91 Å². The number of ether oxygens (including phenoxy) is 1. The summed E-state index contributed by atoms with van der Waals surface area (Å²) in [5, 5.41) is 5.63. The highest BCUT2D eigenvalue weighted by atomic mass is 16.5. The average molecular weight is 367 g/mol. The van der Waals surface area contributed by atoms with Crippen LogP contribution >= 0.6 is 0 Å². The van der Waals surface area contributed by atoms with E-state index < -0.39 is 6.04 Å². The van der Waals surface area contributed by atoms with Crippen LogP contribution in [0.3, 0.4) is 0 Å². The van der Waals surface area contributed by atoms with Crippen LogP contribution in [0.25, 0.3) is 0 Å². The Labute approximate surface area is 157 Å². The minimum atomic E-state index is -0.483. The number of carbonyl (C=O) groups is 2. The van der Waals surface area contributed by atoms with Gasteiger partial charge in [0.15, 0.2) is 0 Å². The summed E-state index contributed by atoms with van der Waals surface area (Å²) in [6.45, 7) is 3.42. The third-order valence-electron chi connectivity index (χ3n) is 4.63. The van der Waals surface area contributed by atoms with E-state index in [4.69, 9.17) is 9.15 Å². The van der Waals surface area contributed by atoms with E-state index in [1.807, 2.05) is 37.3 Å². The Morgan fingerprint density at radius 3 is 2.74 bits per heavy atom. The number of benzene rings is 1. The van der Waals surface area contributed by atoms with Crippen LogP contribution < -0.4 is 15.4 Å². The van der Waals surface area contributed by atoms with Crippen molar-refractivity contribution in [3.05, 3.63) is 65.3 Å². The molecule has 1 aromatic heterocycles. The van der Waals surface area contributed by atoms with Crippen molar-refractivity contribution in [2.45, 2.75) is 25.9 Å². The van der Waals surface area contributed by atoms with Gasteiger partial charge in [0.05, 0.1) is 43.3 Å². The molecule has 0 aliphatic carbocycles. The maximum atomic E-state index is 13.0. The second-order valence-electron chi connectivity index (χ2n) is 6.58. The van der Waals surface area contributed by atoms with E-state index in [-0.39, 0.29) is 11.9 Å². The highest BCUT2D eigenvalue weighted by Gasteiger charge is 2.40. The second-order valence-corrected chi connectivity index (χ2v) is 6.58. The van der Waals surface area contributed by atoms with E-state index in [0.29, 0.717) is 36.7 Å². The molecule has 2 aromatic rings. The van der Waals surface area contributed by atoms with Crippen molar-refractivity contribution in [1.82, 2.24) is 15.5 Å². The molecule has 1 aromatic carbocycles. The molecule has 0 saturated carbocycles. The number of nitrogens with zero attached hydrogens (tertiary/aromatic N) is 1. The maximum Gasteiger partial charge on any atom is 0.319 e. The largest absolute Gasteiger partial charge is 0.494 e. The number of hydrogen-bond acceptors (Lipinski definition) is 4. The zero-order chi connectivity index (χ0) is 18.8. The van der Waals surface area contributed by atoms with Gasteiger partial charge in [0.2, 0.25) is 0 Å². The standard InChI is InChI=1S/C20H21N3O4/c1-2-9-26-14-7-5-13(6-8-14)18-17-16(21-20(25)22-18)12-23(19(17)24)11-15-4-3-10-27-15/h3-8,10,18H,2,9,11-12H2,1H3,(H2,21,22,25)/t18-/m0/s1. The van der Waals surface area contributed by atoms with E-state index in [1.54, 1.807) is 17.2 Å². The predicted molar refractivity (Wildman–Crippen MR) is 97.8 cm³/mol. The van der Waals surface area contributed by atoms with Crippen LogP contribution in [-0.2, 0) is 11.3 Å². The van der Waals surface area contributed by atoms with E-state index in [9.17, 15) is 9.59 Å². The summed E-state index contributed by atoms with van der Waals surface area (Å²) in [7, 11) is 0. The van der Waals surface area contributed by atoms with Gasteiger partial charge in [-0.1, -0.05) is 19.1 Å². The lowest BCUT2D eigenvalue weighted by Crippen LogP contribution is -2.44. The van der Waals surface area contributed by atoms with E-state index in [0.717, 1.165) is 17.7 Å². The molecule has 2 aliphatic rings. The Hall–Kier alpha value is -3.22. The smallest absolute Gasteiger partial charge is 0.319 e. The monoisotopic (exact) mass is 367 g/mol. The van der Waals surface area contributed by atoms with Crippen molar-refractivity contribution in [1.29, 1.82) is 0 Å². The molecule has 0 unspecified atom stereocenters. The van der Waals surface area contributed by atoms with Gasteiger partial charge in [0.1, 0.15) is 11.5 Å². The number of amides is 3. The number of rotatable bonds is 6. The summed E-state index contributed by atoms with van der Waals surface area (Å²) in [6.07, 6.45) is 2.51. The van der Waals surface area contributed by atoms with Gasteiger partial charge in [-0.25, -0.2) is 4.79 Å². The zero-order valence-electron chi connectivity index (χ0n) is 15.0. The first-order chi connectivity index (χ1) is 13.2. The Morgan fingerprint density at radius 2 is 2.04 bits per heavy atom. The molecule has 4 rings (SSSR count). The molecule has 7 heteroatoms. The lowest BCUT2D eigenvalue weighted by Gasteiger charge is -2.25. The van der Waals surface area contributed by atoms with Crippen molar-refractivity contribution in [3.8, 4) is 5.75 Å². The first kappa shape index (κ1) is 17.2. The van der Waals surface area contributed by atoms with Crippen molar-refractivity contribution in [2.75, 3.05) is 13.2 Å². The molecule has 0 fully saturated rings. The Bertz CT molecular complexity index is 871. The van der Waals surface area contributed by atoms with Crippen LogP contribution in [0, 0.1) is 0 Å². The molecular weight excluding hydrogens is 346 g/mol. The van der Waals surface area contributed by atoms with Crippen molar-refractivity contribution in [3.63, 3.8) is 0 Å². The fourth-order valence-electron chi connectivity index (χ4n) is 3.37. The van der Waals surface area contributed by atoms with Crippen molar-refractivity contribution in [2.24, 2.45) is 0 Å². The average Bonchev–Trinajstić information content (AvgIpc) is 3.28. The summed E-state index contributed by atoms with van der Waals surface area (Å²) in [4.78, 5) is 26.7. The molecule has 2 N–H and O–H groups in total. The van der Waals surface area contributed by atoms with Gasteiger partial charge in [-0.2, -0.15) is 0 Å². The SMILES string of the molecule is CCCOc1ccc([C@@H]2NC(=O)NC3=C2C(=O)N(Cc2ccco2)C3)cc1. The number of carbonyl (C=O) groups excluding carboxylic acids is 2. The quantitative estimate of drug-likeness (QED) is 0.822. The molecule has 7 nitrogen and oxygen atoms in total. The highest BCUT2D eigenvalue weighted by Crippen LogP contribution is 2.33. The molecule has 0 spiro atoms. The topological polar surface area (TPSA) is 83.8 Å². The Balaban J connectivity index is 1.56. The van der Waals surface area contributed by atoms with Crippen LogP contribution in [0.15, 0.2) is 58.3 Å². The number of furan rings is 1. The van der Waals surface area contributed by atoms with Crippen LogP contribution in [0.5, 0.6) is 5.75 Å². The molecule has 2 aliphatic heterocycles. The summed E-state index contributed by atoms with van der Waals surface area (Å²) in [5.74, 6) is 1.37. The van der Waals surface area contributed by atoms with Gasteiger partial charge in [0, 0.05) is 0 Å². The summed E-state index contributed by atoms with van der Waals surface area (Å²) >= 11 is 0. The number of urea groups is 1. The molecule has 3 amide bonds. The Morgan fingerprint density at radius 1 is 1.22 bits per heavy atom. The van der Waals surface area contributed by atoms with E-state index in [2.05, 4.69) is 10.6 Å². The van der Waals surface area contributed by atoms with Crippen molar-refractivity contribution >= 4 is 11.9 Å². The molecule has 3 heterocycles. The fraction of sp³-hybridized carbons (Fsp3) is 0.300. The first-order valence-corrected chi connectivity index (χ1v) is 9.00. The molecule has 140 valence electrons. The fourth-order valence-corrected chi connectivity index (χ4v) is 3.37. The minimum Gasteiger partial charge on any atom is -0.494 e. The number of nitrogens with one attached hydrogen (secondary N) is 2. The summed E-state index contributed by atoms with van der Waals surface area (Å²) < 4.78 is 11.0. The van der Waals surface area contributed by atoms with Crippen LogP contribution in [0.1, 0.15) is 30.7 Å². The second kappa shape index (κ2) is 7.19.